The number of carbonyl (C=O) groups is 3. The lowest BCUT2D eigenvalue weighted by molar-refractivity contribution is -0.144. The van der Waals surface area contributed by atoms with Gasteiger partial charge in [0, 0.05) is 13.1 Å². The van der Waals surface area contributed by atoms with Crippen molar-refractivity contribution in [3.05, 3.63) is 0 Å². The molecule has 0 bridgehead atoms. The van der Waals surface area contributed by atoms with Gasteiger partial charge in [0.25, 0.3) is 0 Å². The second-order valence-corrected chi connectivity index (χ2v) is 3.75. The Morgan fingerprint density at radius 3 is 2.41 bits per heavy atom. The Kier molecular flexibility index (Phi) is 5.41. The highest BCUT2D eigenvalue weighted by molar-refractivity contribution is 5.85. The van der Waals surface area contributed by atoms with E-state index in [4.69, 9.17) is 5.11 Å². The zero-order valence-corrected chi connectivity index (χ0v) is 9.48. The number of carbonyl (C=O) groups excluding carboxylic acids is 2. The molecule has 96 valence electrons. The van der Waals surface area contributed by atoms with Gasteiger partial charge in [-0.05, 0) is 12.8 Å². The van der Waals surface area contributed by atoms with Crippen molar-refractivity contribution in [3.8, 4) is 0 Å². The van der Waals surface area contributed by atoms with E-state index in [1.165, 1.54) is 0 Å². The summed E-state index contributed by atoms with van der Waals surface area (Å²) in [7, 11) is 0. The van der Waals surface area contributed by atoms with Crippen molar-refractivity contribution < 1.29 is 24.2 Å². The maximum absolute atomic E-state index is 11.5. The van der Waals surface area contributed by atoms with Gasteiger partial charge in [0.15, 0.2) is 0 Å². The molecule has 7 nitrogen and oxygen atoms in total. The van der Waals surface area contributed by atoms with E-state index < -0.39 is 18.5 Å². The first-order valence-corrected chi connectivity index (χ1v) is 5.43. The van der Waals surface area contributed by atoms with E-state index in [1.807, 2.05) is 0 Å². The fraction of sp³-hybridized carbons (Fsp3) is 0.700. The molecule has 0 aromatic heterocycles. The Labute approximate surface area is 98.7 Å². The first-order valence-electron chi connectivity index (χ1n) is 5.43. The minimum atomic E-state index is -1.13. The van der Waals surface area contributed by atoms with Crippen molar-refractivity contribution >= 4 is 17.8 Å². The van der Waals surface area contributed by atoms with Crippen LogP contribution in [0.25, 0.3) is 0 Å². The fourth-order valence-electron chi connectivity index (χ4n) is 1.53. The summed E-state index contributed by atoms with van der Waals surface area (Å²) in [5, 5.41) is 10.7. The first-order chi connectivity index (χ1) is 8.09. The van der Waals surface area contributed by atoms with Crippen LogP contribution >= 0.6 is 0 Å². The van der Waals surface area contributed by atoms with Crippen molar-refractivity contribution in [3.63, 3.8) is 0 Å². The summed E-state index contributed by atoms with van der Waals surface area (Å²) in [4.78, 5) is 34.4. The zero-order chi connectivity index (χ0) is 12.7. The number of aliphatic carboxylic acids is 1. The Bertz CT molecular complexity index is 299. The molecule has 1 heterocycles. The molecule has 0 radical (unpaired) electrons. The Hall–Kier alpha value is -1.63. The molecule has 0 aromatic carbocycles. The number of rotatable bonds is 6. The summed E-state index contributed by atoms with van der Waals surface area (Å²) >= 11 is 0. The molecule has 0 saturated carbocycles. The number of hydrogen-bond donors (Lipinski definition) is 2. The van der Waals surface area contributed by atoms with Gasteiger partial charge < -0.3 is 20.1 Å². The maximum Gasteiger partial charge on any atom is 0.329 e. The van der Waals surface area contributed by atoms with Crippen molar-refractivity contribution in [2.45, 2.75) is 12.8 Å². The molecule has 0 aliphatic carbocycles. The second kappa shape index (κ2) is 6.85. The van der Waals surface area contributed by atoms with E-state index in [1.54, 1.807) is 4.90 Å². The van der Waals surface area contributed by atoms with Crippen LogP contribution in [0.4, 0.5) is 0 Å². The number of likely N-dealkylation sites (tertiary alicyclic amines) is 1. The predicted molar refractivity (Wildman–Crippen MR) is 57.3 cm³/mol. The predicted octanol–water partition coefficient (Wildman–Crippen LogP) is -1.17. The standard InChI is InChI=1S/C10H16N2O5/c13-8(6-17-7-10(15)16)11-5-9(14)12-3-1-2-4-12/h1-7H2,(H,11,13)(H,15,16). The topological polar surface area (TPSA) is 95.9 Å². The van der Waals surface area contributed by atoms with E-state index in [-0.39, 0.29) is 19.1 Å². The summed E-state index contributed by atoms with van der Waals surface area (Å²) < 4.78 is 4.58. The van der Waals surface area contributed by atoms with Crippen LogP contribution in [-0.2, 0) is 19.1 Å². The number of amides is 2. The molecule has 0 spiro atoms. The molecule has 2 amide bonds. The number of carboxylic acid groups (broad SMARTS) is 1. The Balaban J connectivity index is 2.10. The minimum Gasteiger partial charge on any atom is -0.480 e. The lowest BCUT2D eigenvalue weighted by Crippen LogP contribution is -2.40. The molecule has 1 aliphatic rings. The van der Waals surface area contributed by atoms with E-state index in [2.05, 4.69) is 10.1 Å². The van der Waals surface area contributed by atoms with Crippen LogP contribution in [0.5, 0.6) is 0 Å². The van der Waals surface area contributed by atoms with Gasteiger partial charge in [0.2, 0.25) is 11.8 Å². The van der Waals surface area contributed by atoms with E-state index in [0.29, 0.717) is 0 Å². The van der Waals surface area contributed by atoms with Crippen molar-refractivity contribution in [1.29, 1.82) is 0 Å². The van der Waals surface area contributed by atoms with Crippen LogP contribution in [0.3, 0.4) is 0 Å². The zero-order valence-electron chi connectivity index (χ0n) is 9.48. The average molecular weight is 244 g/mol. The van der Waals surface area contributed by atoms with Crippen LogP contribution in [0.2, 0.25) is 0 Å². The van der Waals surface area contributed by atoms with Gasteiger partial charge in [-0.25, -0.2) is 4.79 Å². The Morgan fingerprint density at radius 1 is 1.18 bits per heavy atom. The normalized spacial score (nSPS) is 14.7. The molecule has 1 saturated heterocycles. The minimum absolute atomic E-state index is 0.0603. The van der Waals surface area contributed by atoms with Gasteiger partial charge in [0.05, 0.1) is 6.54 Å². The molecule has 1 fully saturated rings. The molecule has 1 rings (SSSR count). The smallest absolute Gasteiger partial charge is 0.329 e. The Morgan fingerprint density at radius 2 is 1.82 bits per heavy atom. The maximum atomic E-state index is 11.5. The average Bonchev–Trinajstić information content (AvgIpc) is 2.78. The monoisotopic (exact) mass is 244 g/mol. The fourth-order valence-corrected chi connectivity index (χ4v) is 1.53. The molecule has 2 N–H and O–H groups in total. The van der Waals surface area contributed by atoms with Crippen molar-refractivity contribution in [2.24, 2.45) is 0 Å². The van der Waals surface area contributed by atoms with Gasteiger partial charge in [-0.3, -0.25) is 9.59 Å². The first kappa shape index (κ1) is 13.4. The highest BCUT2D eigenvalue weighted by Crippen LogP contribution is 2.06. The summed E-state index contributed by atoms with van der Waals surface area (Å²) in [5.41, 5.74) is 0. The number of carboxylic acids is 1. The lowest BCUT2D eigenvalue weighted by Gasteiger charge is -2.15. The van der Waals surface area contributed by atoms with Gasteiger partial charge in [-0.15, -0.1) is 0 Å². The SMILES string of the molecule is O=C(O)COCC(=O)NCC(=O)N1CCCC1. The molecule has 0 unspecified atom stereocenters. The molecule has 7 heteroatoms. The van der Waals surface area contributed by atoms with Crippen LogP contribution in [0.1, 0.15) is 12.8 Å². The molecule has 0 aromatic rings. The summed E-state index contributed by atoms with van der Waals surface area (Å²) in [6.45, 7) is 0.552. The van der Waals surface area contributed by atoms with Crippen LogP contribution < -0.4 is 5.32 Å². The van der Waals surface area contributed by atoms with Crippen LogP contribution in [0.15, 0.2) is 0 Å². The summed E-state index contributed by atoms with van der Waals surface area (Å²) in [5.74, 6) is -1.74. The second-order valence-electron chi connectivity index (χ2n) is 3.75. The van der Waals surface area contributed by atoms with Crippen LogP contribution in [0, 0.1) is 0 Å². The molecule has 1 aliphatic heterocycles. The van der Waals surface area contributed by atoms with Gasteiger partial charge >= 0.3 is 5.97 Å². The number of nitrogens with zero attached hydrogens (tertiary/aromatic N) is 1. The third-order valence-electron chi connectivity index (χ3n) is 2.35. The van der Waals surface area contributed by atoms with Gasteiger partial charge in [-0.2, -0.15) is 0 Å². The van der Waals surface area contributed by atoms with E-state index >= 15 is 0 Å². The molecular formula is C10H16N2O5. The van der Waals surface area contributed by atoms with Crippen molar-refractivity contribution in [2.75, 3.05) is 32.8 Å². The summed E-state index contributed by atoms with van der Waals surface area (Å²) in [6.07, 6.45) is 2.00. The quantitative estimate of drug-likeness (QED) is 0.613. The summed E-state index contributed by atoms with van der Waals surface area (Å²) in [6, 6.07) is 0. The third-order valence-corrected chi connectivity index (χ3v) is 2.35. The lowest BCUT2D eigenvalue weighted by atomic mass is 10.4. The largest absolute Gasteiger partial charge is 0.480 e. The number of hydrogen-bond acceptors (Lipinski definition) is 4. The number of nitrogens with one attached hydrogen (secondary N) is 1. The highest BCUT2D eigenvalue weighted by atomic mass is 16.5. The highest BCUT2D eigenvalue weighted by Gasteiger charge is 2.17. The molecular weight excluding hydrogens is 228 g/mol. The van der Waals surface area contributed by atoms with E-state index in [0.717, 1.165) is 25.9 Å². The van der Waals surface area contributed by atoms with Crippen LogP contribution in [-0.4, -0.2) is 60.6 Å². The van der Waals surface area contributed by atoms with Gasteiger partial charge in [-0.1, -0.05) is 0 Å². The van der Waals surface area contributed by atoms with E-state index in [9.17, 15) is 14.4 Å². The third kappa shape index (κ3) is 5.30. The number of ether oxygens (including phenoxy) is 1. The van der Waals surface area contributed by atoms with Gasteiger partial charge in [0.1, 0.15) is 13.2 Å². The molecule has 0 atom stereocenters. The molecule has 17 heavy (non-hydrogen) atoms. The van der Waals surface area contributed by atoms with Crippen molar-refractivity contribution in [1.82, 2.24) is 10.2 Å².